The molecule has 0 saturated heterocycles. The lowest BCUT2D eigenvalue weighted by molar-refractivity contribution is -0.114. The lowest BCUT2D eigenvalue weighted by Crippen LogP contribution is -2.07. The van der Waals surface area contributed by atoms with E-state index in [9.17, 15) is 9.18 Å². The van der Waals surface area contributed by atoms with Crippen molar-refractivity contribution in [2.45, 2.75) is 13.8 Å². The first-order valence-electron chi connectivity index (χ1n) is 6.96. The highest BCUT2D eigenvalue weighted by atomic mass is 19.1. The topological polar surface area (TPSA) is 46.9 Å². The Morgan fingerprint density at radius 1 is 1.23 bits per heavy atom. The summed E-state index contributed by atoms with van der Waals surface area (Å²) in [5, 5.41) is 2.78. The molecule has 1 aromatic heterocycles. The Morgan fingerprint density at radius 3 is 2.68 bits per heavy atom. The number of fused-ring (bicyclic) bond motifs is 1. The zero-order chi connectivity index (χ0) is 15.9. The van der Waals surface area contributed by atoms with Crippen LogP contribution in [-0.2, 0) is 11.8 Å². The van der Waals surface area contributed by atoms with Gasteiger partial charge in [-0.05, 0) is 42.8 Å². The van der Waals surface area contributed by atoms with Gasteiger partial charge in [0.1, 0.15) is 11.6 Å². The Labute approximate surface area is 127 Å². The van der Waals surface area contributed by atoms with Crippen molar-refractivity contribution in [1.82, 2.24) is 9.55 Å². The second-order valence-corrected chi connectivity index (χ2v) is 5.34. The summed E-state index contributed by atoms with van der Waals surface area (Å²) in [5.41, 5.74) is 4.15. The Balaban J connectivity index is 2.09. The van der Waals surface area contributed by atoms with Gasteiger partial charge in [-0.25, -0.2) is 9.37 Å². The summed E-state index contributed by atoms with van der Waals surface area (Å²) in [4.78, 5) is 15.7. The number of aryl methyl sites for hydroxylation is 2. The lowest BCUT2D eigenvalue weighted by atomic mass is 10.1. The third-order valence-electron chi connectivity index (χ3n) is 3.64. The number of hydrogen-bond donors (Lipinski definition) is 1. The van der Waals surface area contributed by atoms with E-state index in [4.69, 9.17) is 0 Å². The third-order valence-corrected chi connectivity index (χ3v) is 3.64. The molecule has 0 fully saturated rings. The Bertz CT molecular complexity index is 883. The molecular formula is C17H16FN3O. The maximum atomic E-state index is 13.3. The molecule has 0 aliphatic carbocycles. The minimum atomic E-state index is -0.297. The molecule has 5 heteroatoms. The van der Waals surface area contributed by atoms with E-state index in [1.807, 2.05) is 36.7 Å². The number of carbonyl (C=O) groups is 1. The molecule has 1 N–H and O–H groups in total. The molecule has 1 amide bonds. The van der Waals surface area contributed by atoms with Crippen LogP contribution in [0.1, 0.15) is 12.5 Å². The van der Waals surface area contributed by atoms with Gasteiger partial charge in [0, 0.05) is 31.3 Å². The number of nitrogens with one attached hydrogen (secondary N) is 1. The second-order valence-electron chi connectivity index (χ2n) is 5.34. The number of halogens is 1. The van der Waals surface area contributed by atoms with E-state index < -0.39 is 0 Å². The molecule has 0 radical (unpaired) electrons. The molecule has 0 bridgehead atoms. The van der Waals surface area contributed by atoms with Crippen molar-refractivity contribution in [3.05, 3.63) is 47.8 Å². The number of benzene rings is 2. The van der Waals surface area contributed by atoms with Gasteiger partial charge in [0.2, 0.25) is 5.91 Å². The maximum Gasteiger partial charge on any atom is 0.221 e. The summed E-state index contributed by atoms with van der Waals surface area (Å²) < 4.78 is 15.3. The summed E-state index contributed by atoms with van der Waals surface area (Å²) >= 11 is 0. The van der Waals surface area contributed by atoms with E-state index >= 15 is 0 Å². The quantitative estimate of drug-likeness (QED) is 0.785. The number of nitrogens with zero attached hydrogens (tertiary/aromatic N) is 2. The molecule has 0 spiro atoms. The minimum absolute atomic E-state index is 0.103. The average molecular weight is 297 g/mol. The van der Waals surface area contributed by atoms with Crippen molar-refractivity contribution in [3.63, 3.8) is 0 Å². The van der Waals surface area contributed by atoms with Gasteiger partial charge in [-0.15, -0.1) is 0 Å². The summed E-state index contributed by atoms with van der Waals surface area (Å²) in [7, 11) is 1.90. The van der Waals surface area contributed by atoms with Crippen molar-refractivity contribution >= 4 is 22.6 Å². The van der Waals surface area contributed by atoms with E-state index in [2.05, 4.69) is 10.3 Å². The summed E-state index contributed by atoms with van der Waals surface area (Å²) in [6.07, 6.45) is 0. The highest BCUT2D eigenvalue weighted by molar-refractivity contribution is 5.90. The van der Waals surface area contributed by atoms with E-state index in [1.165, 1.54) is 19.1 Å². The van der Waals surface area contributed by atoms with Gasteiger partial charge < -0.3 is 9.88 Å². The summed E-state index contributed by atoms with van der Waals surface area (Å²) in [6.45, 7) is 3.41. The Morgan fingerprint density at radius 2 is 2.00 bits per heavy atom. The molecule has 4 nitrogen and oxygen atoms in total. The van der Waals surface area contributed by atoms with Crippen LogP contribution in [0, 0.1) is 12.7 Å². The molecule has 3 aromatic rings. The van der Waals surface area contributed by atoms with E-state index in [0.717, 1.165) is 28.2 Å². The van der Waals surface area contributed by atoms with Crippen LogP contribution >= 0.6 is 0 Å². The largest absolute Gasteiger partial charge is 0.327 e. The molecule has 0 saturated carbocycles. The van der Waals surface area contributed by atoms with Gasteiger partial charge in [-0.1, -0.05) is 0 Å². The fourth-order valence-corrected chi connectivity index (χ4v) is 2.56. The SMILES string of the molecule is CC(=O)Nc1ccc(-c2nc3cc(F)ccc3n2C)cc1C. The number of aromatic nitrogens is 2. The molecule has 0 unspecified atom stereocenters. The van der Waals surface area contributed by atoms with Crippen molar-refractivity contribution < 1.29 is 9.18 Å². The summed E-state index contributed by atoms with van der Waals surface area (Å²) in [6, 6.07) is 10.3. The van der Waals surface area contributed by atoms with Crippen molar-refractivity contribution in [2.24, 2.45) is 7.05 Å². The number of rotatable bonds is 2. The van der Waals surface area contributed by atoms with E-state index in [-0.39, 0.29) is 11.7 Å². The number of imidazole rings is 1. The van der Waals surface area contributed by atoms with Gasteiger partial charge in [0.25, 0.3) is 0 Å². The highest BCUT2D eigenvalue weighted by Crippen LogP contribution is 2.27. The van der Waals surface area contributed by atoms with Gasteiger partial charge in [0.05, 0.1) is 11.0 Å². The summed E-state index contributed by atoms with van der Waals surface area (Å²) in [5.74, 6) is 0.362. The molecule has 2 aromatic carbocycles. The lowest BCUT2D eigenvalue weighted by Gasteiger charge is -2.09. The van der Waals surface area contributed by atoms with Gasteiger partial charge >= 0.3 is 0 Å². The number of anilines is 1. The van der Waals surface area contributed by atoms with Crippen LogP contribution in [0.25, 0.3) is 22.4 Å². The van der Waals surface area contributed by atoms with Crippen LogP contribution in [0.2, 0.25) is 0 Å². The fraction of sp³-hybridized carbons (Fsp3) is 0.176. The Hall–Kier alpha value is -2.69. The standard InChI is InChI=1S/C17H16FN3O/c1-10-8-12(4-6-14(10)19-11(2)22)17-20-15-9-13(18)5-7-16(15)21(17)3/h4-9H,1-3H3,(H,19,22). The Kier molecular flexibility index (Phi) is 3.41. The molecule has 1 heterocycles. The van der Waals surface area contributed by atoms with Crippen LogP contribution < -0.4 is 5.32 Å². The molecule has 0 atom stereocenters. The van der Waals surface area contributed by atoms with E-state index in [1.54, 1.807) is 6.07 Å². The van der Waals surface area contributed by atoms with Crippen LogP contribution in [0.3, 0.4) is 0 Å². The molecule has 22 heavy (non-hydrogen) atoms. The van der Waals surface area contributed by atoms with Crippen molar-refractivity contribution in [2.75, 3.05) is 5.32 Å². The smallest absolute Gasteiger partial charge is 0.221 e. The first-order valence-corrected chi connectivity index (χ1v) is 6.96. The van der Waals surface area contributed by atoms with Gasteiger partial charge in [-0.3, -0.25) is 4.79 Å². The second kappa shape index (κ2) is 5.26. The molecule has 0 aliphatic rings. The first-order chi connectivity index (χ1) is 10.5. The predicted octanol–water partition coefficient (Wildman–Crippen LogP) is 3.65. The van der Waals surface area contributed by atoms with Crippen molar-refractivity contribution in [1.29, 1.82) is 0 Å². The highest BCUT2D eigenvalue weighted by Gasteiger charge is 2.12. The molecular weight excluding hydrogens is 281 g/mol. The molecule has 112 valence electrons. The van der Waals surface area contributed by atoms with Gasteiger partial charge in [-0.2, -0.15) is 0 Å². The zero-order valence-corrected chi connectivity index (χ0v) is 12.6. The molecule has 3 rings (SSSR count). The van der Waals surface area contributed by atoms with Crippen LogP contribution in [0.5, 0.6) is 0 Å². The average Bonchev–Trinajstić information content (AvgIpc) is 2.77. The zero-order valence-electron chi connectivity index (χ0n) is 12.6. The van der Waals surface area contributed by atoms with E-state index in [0.29, 0.717) is 5.52 Å². The maximum absolute atomic E-state index is 13.3. The normalized spacial score (nSPS) is 10.9. The van der Waals surface area contributed by atoms with Crippen LogP contribution in [0.15, 0.2) is 36.4 Å². The van der Waals surface area contributed by atoms with Crippen molar-refractivity contribution in [3.8, 4) is 11.4 Å². The molecule has 0 aliphatic heterocycles. The number of carbonyl (C=O) groups excluding carboxylic acids is 1. The monoisotopic (exact) mass is 297 g/mol. The third kappa shape index (κ3) is 2.45. The predicted molar refractivity (Wildman–Crippen MR) is 85.1 cm³/mol. The van der Waals surface area contributed by atoms with Crippen LogP contribution in [0.4, 0.5) is 10.1 Å². The number of amides is 1. The fourth-order valence-electron chi connectivity index (χ4n) is 2.56. The minimum Gasteiger partial charge on any atom is -0.327 e. The number of hydrogen-bond acceptors (Lipinski definition) is 2. The first kappa shape index (κ1) is 14.3. The van der Waals surface area contributed by atoms with Crippen LogP contribution in [-0.4, -0.2) is 15.5 Å². The van der Waals surface area contributed by atoms with Gasteiger partial charge in [0.15, 0.2) is 0 Å².